The second kappa shape index (κ2) is 7.86. The second-order valence-corrected chi connectivity index (χ2v) is 6.36. The number of carbonyl (C=O) groups excluding carboxylic acids is 1. The SMILES string of the molecule is COC(=O)[C@@H]1CC(Nc2ccc(OC(F)F)c(OCC3CC3)c2)CN1. The average molecular weight is 356 g/mol. The van der Waals surface area contributed by atoms with Crippen molar-refractivity contribution in [1.82, 2.24) is 5.32 Å². The third-order valence-electron chi connectivity index (χ3n) is 4.32. The zero-order valence-electron chi connectivity index (χ0n) is 14.0. The summed E-state index contributed by atoms with van der Waals surface area (Å²) in [6.45, 7) is -1.80. The lowest BCUT2D eigenvalue weighted by Crippen LogP contribution is -2.31. The van der Waals surface area contributed by atoms with Crippen molar-refractivity contribution in [3.8, 4) is 11.5 Å². The van der Waals surface area contributed by atoms with Crippen molar-refractivity contribution in [3.63, 3.8) is 0 Å². The highest BCUT2D eigenvalue weighted by atomic mass is 19.3. The van der Waals surface area contributed by atoms with Gasteiger partial charge in [-0.15, -0.1) is 0 Å². The van der Waals surface area contributed by atoms with Gasteiger partial charge in [0.15, 0.2) is 11.5 Å². The van der Waals surface area contributed by atoms with Crippen LogP contribution in [0.25, 0.3) is 0 Å². The van der Waals surface area contributed by atoms with Gasteiger partial charge >= 0.3 is 12.6 Å². The summed E-state index contributed by atoms with van der Waals surface area (Å²) in [7, 11) is 1.36. The van der Waals surface area contributed by atoms with Crippen molar-refractivity contribution < 1.29 is 27.8 Å². The van der Waals surface area contributed by atoms with E-state index in [1.807, 2.05) is 0 Å². The van der Waals surface area contributed by atoms with Crippen LogP contribution in [0.1, 0.15) is 19.3 Å². The molecule has 1 aliphatic heterocycles. The highest BCUT2D eigenvalue weighted by Crippen LogP contribution is 2.35. The van der Waals surface area contributed by atoms with Gasteiger partial charge < -0.3 is 24.8 Å². The van der Waals surface area contributed by atoms with Crippen LogP contribution in [-0.4, -0.2) is 44.9 Å². The molecule has 0 amide bonds. The van der Waals surface area contributed by atoms with Crippen molar-refractivity contribution in [2.75, 3.05) is 25.6 Å². The van der Waals surface area contributed by atoms with Gasteiger partial charge in [0, 0.05) is 24.3 Å². The molecule has 6 nitrogen and oxygen atoms in total. The predicted molar refractivity (Wildman–Crippen MR) is 87.1 cm³/mol. The summed E-state index contributed by atoms with van der Waals surface area (Å²) >= 11 is 0. The highest BCUT2D eigenvalue weighted by molar-refractivity contribution is 5.76. The maximum Gasteiger partial charge on any atom is 0.387 e. The average Bonchev–Trinajstić information content (AvgIpc) is 3.31. The number of hydrogen-bond acceptors (Lipinski definition) is 6. The van der Waals surface area contributed by atoms with Gasteiger partial charge in [0.05, 0.1) is 13.7 Å². The summed E-state index contributed by atoms with van der Waals surface area (Å²) in [5.74, 6) is 0.528. The molecule has 1 saturated carbocycles. The largest absolute Gasteiger partial charge is 0.489 e. The molecule has 0 radical (unpaired) electrons. The molecule has 1 aromatic carbocycles. The lowest BCUT2D eigenvalue weighted by Gasteiger charge is -2.17. The van der Waals surface area contributed by atoms with Crippen molar-refractivity contribution in [1.29, 1.82) is 0 Å². The standard InChI is InChI=1S/C17H22F2N2O4/c1-23-16(22)13-6-12(8-20-13)21-11-4-5-14(25-17(18)19)15(7-11)24-9-10-2-3-10/h4-5,7,10,12-13,17,20-21H,2-3,6,8-9H2,1H3/t12?,13-/m0/s1. The first-order valence-electron chi connectivity index (χ1n) is 8.34. The molecule has 1 heterocycles. The molecule has 2 atom stereocenters. The molecule has 1 aliphatic carbocycles. The summed E-state index contributed by atoms with van der Waals surface area (Å²) in [5, 5.41) is 6.37. The van der Waals surface area contributed by atoms with Crippen LogP contribution in [0.5, 0.6) is 11.5 Å². The fraction of sp³-hybridized carbons (Fsp3) is 0.588. The van der Waals surface area contributed by atoms with Crippen LogP contribution in [0.3, 0.4) is 0 Å². The van der Waals surface area contributed by atoms with Crippen LogP contribution >= 0.6 is 0 Å². The number of halogens is 2. The summed E-state index contributed by atoms with van der Waals surface area (Å²) < 4.78 is 40.0. The smallest absolute Gasteiger partial charge is 0.387 e. The molecule has 2 N–H and O–H groups in total. The number of anilines is 1. The second-order valence-electron chi connectivity index (χ2n) is 6.36. The molecule has 0 spiro atoms. The van der Waals surface area contributed by atoms with E-state index in [0.717, 1.165) is 18.5 Å². The van der Waals surface area contributed by atoms with Gasteiger partial charge in [0.25, 0.3) is 0 Å². The molecule has 0 bridgehead atoms. The fourth-order valence-electron chi connectivity index (χ4n) is 2.80. The van der Waals surface area contributed by atoms with Crippen LogP contribution in [0.2, 0.25) is 0 Å². The Morgan fingerprint density at radius 2 is 2.16 bits per heavy atom. The molecular formula is C17H22F2N2O4. The number of ether oxygens (including phenoxy) is 3. The van der Waals surface area contributed by atoms with Crippen LogP contribution < -0.4 is 20.1 Å². The van der Waals surface area contributed by atoms with Gasteiger partial charge in [0.2, 0.25) is 0 Å². The molecule has 8 heteroatoms. The zero-order chi connectivity index (χ0) is 17.8. The van der Waals surface area contributed by atoms with E-state index in [0.29, 0.717) is 31.2 Å². The third kappa shape index (κ3) is 4.94. The van der Waals surface area contributed by atoms with E-state index in [1.54, 1.807) is 12.1 Å². The fourth-order valence-corrected chi connectivity index (χ4v) is 2.80. The Morgan fingerprint density at radius 3 is 2.84 bits per heavy atom. The minimum Gasteiger partial charge on any atom is -0.489 e. The van der Waals surface area contributed by atoms with Crippen molar-refractivity contribution >= 4 is 11.7 Å². The number of hydrogen-bond donors (Lipinski definition) is 2. The third-order valence-corrected chi connectivity index (χ3v) is 4.32. The normalized spacial score (nSPS) is 22.7. The van der Waals surface area contributed by atoms with Crippen molar-refractivity contribution in [2.45, 2.75) is 38.0 Å². The number of nitrogens with one attached hydrogen (secondary N) is 2. The van der Waals surface area contributed by atoms with Gasteiger partial charge in [-0.25, -0.2) is 0 Å². The van der Waals surface area contributed by atoms with Crippen LogP contribution in [-0.2, 0) is 9.53 Å². The van der Waals surface area contributed by atoms with E-state index in [2.05, 4.69) is 15.4 Å². The number of alkyl halides is 2. The lowest BCUT2D eigenvalue weighted by atomic mass is 10.1. The van der Waals surface area contributed by atoms with E-state index in [-0.39, 0.29) is 23.8 Å². The maximum atomic E-state index is 12.5. The Kier molecular flexibility index (Phi) is 5.57. The number of benzene rings is 1. The Labute approximate surface area is 144 Å². The first kappa shape index (κ1) is 17.7. The summed E-state index contributed by atoms with van der Waals surface area (Å²) in [4.78, 5) is 11.5. The van der Waals surface area contributed by atoms with Gasteiger partial charge in [0.1, 0.15) is 6.04 Å². The van der Waals surface area contributed by atoms with E-state index in [4.69, 9.17) is 9.47 Å². The molecule has 2 aliphatic rings. The molecule has 2 fully saturated rings. The summed E-state index contributed by atoms with van der Waals surface area (Å²) in [5.41, 5.74) is 0.727. The van der Waals surface area contributed by atoms with E-state index in [1.165, 1.54) is 13.2 Å². The van der Waals surface area contributed by atoms with E-state index < -0.39 is 6.61 Å². The molecule has 1 unspecified atom stereocenters. The van der Waals surface area contributed by atoms with Gasteiger partial charge in [-0.05, 0) is 37.3 Å². The van der Waals surface area contributed by atoms with Crippen LogP contribution in [0, 0.1) is 5.92 Å². The summed E-state index contributed by atoms with van der Waals surface area (Å²) in [6.07, 6.45) is 2.79. The molecule has 0 aromatic heterocycles. The Bertz CT molecular complexity index is 610. The van der Waals surface area contributed by atoms with Crippen molar-refractivity contribution in [2.24, 2.45) is 5.92 Å². The Hall–Kier alpha value is -2.09. The Balaban J connectivity index is 1.64. The van der Waals surface area contributed by atoms with Crippen molar-refractivity contribution in [3.05, 3.63) is 18.2 Å². The molecule has 138 valence electrons. The number of rotatable bonds is 8. The highest BCUT2D eigenvalue weighted by Gasteiger charge is 2.30. The van der Waals surface area contributed by atoms with Crippen LogP contribution in [0.15, 0.2) is 18.2 Å². The molecule has 1 saturated heterocycles. The first-order valence-corrected chi connectivity index (χ1v) is 8.34. The van der Waals surface area contributed by atoms with Gasteiger partial charge in [-0.2, -0.15) is 8.78 Å². The first-order chi connectivity index (χ1) is 12.0. The number of carbonyl (C=O) groups is 1. The van der Waals surface area contributed by atoms with Crippen LogP contribution in [0.4, 0.5) is 14.5 Å². The Morgan fingerprint density at radius 1 is 1.36 bits per heavy atom. The topological polar surface area (TPSA) is 68.8 Å². The zero-order valence-corrected chi connectivity index (χ0v) is 14.0. The minimum absolute atomic E-state index is 0.0261. The monoisotopic (exact) mass is 356 g/mol. The molecule has 3 rings (SSSR count). The summed E-state index contributed by atoms with van der Waals surface area (Å²) in [6, 6.07) is 4.48. The molecule has 25 heavy (non-hydrogen) atoms. The van der Waals surface area contributed by atoms with Gasteiger partial charge in [-0.1, -0.05) is 0 Å². The van der Waals surface area contributed by atoms with E-state index >= 15 is 0 Å². The minimum atomic E-state index is -2.90. The molecule has 1 aromatic rings. The van der Waals surface area contributed by atoms with Gasteiger partial charge in [-0.3, -0.25) is 4.79 Å². The lowest BCUT2D eigenvalue weighted by molar-refractivity contribution is -0.142. The van der Waals surface area contributed by atoms with E-state index in [9.17, 15) is 13.6 Å². The maximum absolute atomic E-state index is 12.5. The quantitative estimate of drug-likeness (QED) is 0.697. The molecular weight excluding hydrogens is 334 g/mol. The predicted octanol–water partition coefficient (Wildman–Crippen LogP) is 2.39. The number of methoxy groups -OCH3 is 1. The number of esters is 1.